The average Bonchev–Trinajstić information content (AvgIpc) is 3.00. The zero-order valence-corrected chi connectivity index (χ0v) is 14.8. The Labute approximate surface area is 146 Å². The van der Waals surface area contributed by atoms with Gasteiger partial charge in [0, 0.05) is 36.3 Å². The molecule has 7 heteroatoms. The van der Waals surface area contributed by atoms with Crippen LogP contribution >= 0.6 is 0 Å². The first-order valence-electron chi connectivity index (χ1n) is 7.82. The molecule has 0 N–H and O–H groups in total. The van der Waals surface area contributed by atoms with E-state index in [0.29, 0.717) is 23.5 Å². The molecule has 0 fully saturated rings. The standard InChI is InChI=1S/C18H18FN3O2S/c1-3-22-16(12-19)17(13-8-10-20-11-9-13)18(21-22)14-4-6-15(7-5-14)25(2,23)24/h4-11H,3,12H2,1-2H3. The summed E-state index contributed by atoms with van der Waals surface area (Å²) >= 11 is 0. The summed E-state index contributed by atoms with van der Waals surface area (Å²) in [6, 6.07) is 10.1. The van der Waals surface area contributed by atoms with Gasteiger partial charge in [0.1, 0.15) is 12.4 Å². The van der Waals surface area contributed by atoms with Crippen LogP contribution in [0.2, 0.25) is 0 Å². The number of nitrogens with zero attached hydrogens (tertiary/aromatic N) is 3. The highest BCUT2D eigenvalue weighted by atomic mass is 32.2. The monoisotopic (exact) mass is 359 g/mol. The first-order valence-corrected chi connectivity index (χ1v) is 9.71. The predicted molar refractivity (Wildman–Crippen MR) is 94.5 cm³/mol. The molecule has 0 aliphatic rings. The van der Waals surface area contributed by atoms with Gasteiger partial charge in [-0.3, -0.25) is 9.67 Å². The molecule has 5 nitrogen and oxygen atoms in total. The Morgan fingerprint density at radius 2 is 1.68 bits per heavy atom. The summed E-state index contributed by atoms with van der Waals surface area (Å²) in [6.45, 7) is 1.80. The molecule has 0 saturated heterocycles. The van der Waals surface area contributed by atoms with Gasteiger partial charge < -0.3 is 0 Å². The summed E-state index contributed by atoms with van der Waals surface area (Å²) in [7, 11) is -3.27. The maximum Gasteiger partial charge on any atom is 0.175 e. The van der Waals surface area contributed by atoms with Gasteiger partial charge in [0.15, 0.2) is 9.84 Å². The van der Waals surface area contributed by atoms with Gasteiger partial charge in [-0.05, 0) is 36.8 Å². The molecule has 25 heavy (non-hydrogen) atoms. The molecular formula is C18H18FN3O2S. The molecule has 0 spiro atoms. The molecule has 0 amide bonds. The number of aryl methyl sites for hydroxylation is 1. The van der Waals surface area contributed by atoms with E-state index in [4.69, 9.17) is 0 Å². The van der Waals surface area contributed by atoms with Crippen LogP contribution in [-0.4, -0.2) is 29.4 Å². The first-order chi connectivity index (χ1) is 12.0. The fourth-order valence-corrected chi connectivity index (χ4v) is 3.41. The van der Waals surface area contributed by atoms with Crippen LogP contribution in [0.3, 0.4) is 0 Å². The second kappa shape index (κ2) is 6.76. The molecule has 0 atom stereocenters. The summed E-state index contributed by atoms with van der Waals surface area (Å²) in [4.78, 5) is 4.25. The minimum atomic E-state index is -3.27. The van der Waals surface area contributed by atoms with E-state index in [1.165, 1.54) is 0 Å². The minimum absolute atomic E-state index is 0.238. The van der Waals surface area contributed by atoms with Crippen molar-refractivity contribution in [1.29, 1.82) is 0 Å². The molecule has 3 rings (SSSR count). The van der Waals surface area contributed by atoms with E-state index in [-0.39, 0.29) is 4.90 Å². The zero-order chi connectivity index (χ0) is 18.0. The fourth-order valence-electron chi connectivity index (χ4n) is 2.78. The van der Waals surface area contributed by atoms with Crippen molar-refractivity contribution in [2.75, 3.05) is 6.26 Å². The van der Waals surface area contributed by atoms with E-state index in [0.717, 1.165) is 17.4 Å². The normalized spacial score (nSPS) is 11.6. The highest BCUT2D eigenvalue weighted by Gasteiger charge is 2.20. The molecule has 0 saturated carbocycles. The molecule has 0 radical (unpaired) electrons. The number of hydrogen-bond acceptors (Lipinski definition) is 4. The second-order valence-corrected chi connectivity index (χ2v) is 7.67. The van der Waals surface area contributed by atoms with Crippen molar-refractivity contribution < 1.29 is 12.8 Å². The zero-order valence-electron chi connectivity index (χ0n) is 14.0. The van der Waals surface area contributed by atoms with Crippen molar-refractivity contribution in [2.45, 2.75) is 25.0 Å². The molecule has 1 aromatic carbocycles. The van der Waals surface area contributed by atoms with E-state index < -0.39 is 16.5 Å². The summed E-state index contributed by atoms with van der Waals surface area (Å²) in [5.74, 6) is 0. The molecule has 2 heterocycles. The van der Waals surface area contributed by atoms with Gasteiger partial charge >= 0.3 is 0 Å². The van der Waals surface area contributed by atoms with Crippen molar-refractivity contribution in [3.63, 3.8) is 0 Å². The maximum absolute atomic E-state index is 13.7. The van der Waals surface area contributed by atoms with E-state index >= 15 is 0 Å². The highest BCUT2D eigenvalue weighted by Crippen LogP contribution is 2.35. The van der Waals surface area contributed by atoms with Crippen LogP contribution < -0.4 is 0 Å². The van der Waals surface area contributed by atoms with E-state index in [1.54, 1.807) is 41.3 Å². The van der Waals surface area contributed by atoms with Crippen molar-refractivity contribution >= 4 is 9.84 Å². The maximum atomic E-state index is 13.7. The molecule has 3 aromatic rings. The third-order valence-electron chi connectivity index (χ3n) is 4.01. The lowest BCUT2D eigenvalue weighted by atomic mass is 10.00. The largest absolute Gasteiger partial charge is 0.266 e. The minimum Gasteiger partial charge on any atom is -0.266 e. The van der Waals surface area contributed by atoms with Crippen LogP contribution in [0.1, 0.15) is 12.6 Å². The van der Waals surface area contributed by atoms with Gasteiger partial charge in [0.2, 0.25) is 0 Å². The summed E-state index contributed by atoms with van der Waals surface area (Å²) in [6.07, 6.45) is 4.46. The molecule has 0 aliphatic heterocycles. The fraction of sp³-hybridized carbons (Fsp3) is 0.222. The number of rotatable bonds is 5. The Bertz CT molecular complexity index is 981. The Hall–Kier alpha value is -2.54. The summed E-state index contributed by atoms with van der Waals surface area (Å²) in [5, 5.41) is 4.54. The topological polar surface area (TPSA) is 64.8 Å². The van der Waals surface area contributed by atoms with Gasteiger partial charge in [-0.15, -0.1) is 0 Å². The number of aromatic nitrogens is 3. The number of hydrogen-bond donors (Lipinski definition) is 0. The van der Waals surface area contributed by atoms with Crippen LogP contribution in [-0.2, 0) is 23.1 Å². The number of pyridine rings is 1. The molecule has 0 bridgehead atoms. The van der Waals surface area contributed by atoms with E-state index in [9.17, 15) is 12.8 Å². The second-order valence-electron chi connectivity index (χ2n) is 5.65. The number of alkyl halides is 1. The molecular weight excluding hydrogens is 341 g/mol. The average molecular weight is 359 g/mol. The summed E-state index contributed by atoms with van der Waals surface area (Å²) < 4.78 is 38.6. The Morgan fingerprint density at radius 1 is 1.04 bits per heavy atom. The van der Waals surface area contributed by atoms with Crippen LogP contribution in [0.4, 0.5) is 4.39 Å². The van der Waals surface area contributed by atoms with E-state index in [2.05, 4.69) is 10.1 Å². The quantitative estimate of drug-likeness (QED) is 0.699. The first kappa shape index (κ1) is 17.3. The third kappa shape index (κ3) is 3.32. The lowest BCUT2D eigenvalue weighted by Gasteiger charge is -2.06. The highest BCUT2D eigenvalue weighted by molar-refractivity contribution is 7.90. The Kier molecular flexibility index (Phi) is 4.67. The third-order valence-corrected chi connectivity index (χ3v) is 5.14. The van der Waals surface area contributed by atoms with E-state index in [1.807, 2.05) is 19.1 Å². The molecule has 0 unspecified atom stereocenters. The SMILES string of the molecule is CCn1nc(-c2ccc(S(C)(=O)=O)cc2)c(-c2ccncc2)c1CF. The van der Waals surface area contributed by atoms with Crippen LogP contribution in [0.25, 0.3) is 22.4 Å². The van der Waals surface area contributed by atoms with Crippen molar-refractivity contribution in [3.05, 3.63) is 54.5 Å². The number of halogens is 1. The lowest BCUT2D eigenvalue weighted by molar-refractivity contribution is 0.449. The van der Waals surface area contributed by atoms with Crippen LogP contribution in [0.5, 0.6) is 0 Å². The van der Waals surface area contributed by atoms with Crippen molar-refractivity contribution in [2.24, 2.45) is 0 Å². The molecule has 0 aliphatic carbocycles. The molecule has 130 valence electrons. The van der Waals surface area contributed by atoms with Crippen LogP contribution in [0.15, 0.2) is 53.7 Å². The molecule has 2 aromatic heterocycles. The predicted octanol–water partition coefficient (Wildman–Crippen LogP) is 3.51. The summed E-state index contributed by atoms with van der Waals surface area (Å²) in [5.41, 5.74) is 3.39. The Morgan fingerprint density at radius 3 is 2.20 bits per heavy atom. The van der Waals surface area contributed by atoms with Crippen molar-refractivity contribution in [3.8, 4) is 22.4 Å². The van der Waals surface area contributed by atoms with Gasteiger partial charge in [-0.25, -0.2) is 12.8 Å². The lowest BCUT2D eigenvalue weighted by Crippen LogP contribution is -2.01. The smallest absolute Gasteiger partial charge is 0.175 e. The van der Waals surface area contributed by atoms with Crippen LogP contribution in [0, 0.1) is 0 Å². The van der Waals surface area contributed by atoms with Gasteiger partial charge in [0.05, 0.1) is 10.6 Å². The van der Waals surface area contributed by atoms with Gasteiger partial charge in [0.25, 0.3) is 0 Å². The number of sulfone groups is 1. The van der Waals surface area contributed by atoms with Gasteiger partial charge in [-0.1, -0.05) is 12.1 Å². The van der Waals surface area contributed by atoms with Gasteiger partial charge in [-0.2, -0.15) is 5.10 Å². The Balaban J connectivity index is 2.21. The van der Waals surface area contributed by atoms with Crippen molar-refractivity contribution in [1.82, 2.24) is 14.8 Å². The number of benzene rings is 1.